The lowest BCUT2D eigenvalue weighted by molar-refractivity contribution is 0.0924. The molecule has 0 aliphatic heterocycles. The molecular weight excluding hydrogens is 305 g/mol. The van der Waals surface area contributed by atoms with E-state index in [1.54, 1.807) is 6.92 Å². The normalized spacial score (nSPS) is 22.9. The van der Waals surface area contributed by atoms with Crippen molar-refractivity contribution in [3.05, 3.63) is 22.8 Å². The fraction of sp³-hybridized carbons (Fsp3) is 0.500. The fourth-order valence-corrected chi connectivity index (χ4v) is 2.29. The monoisotopic (exact) mass is 323 g/mol. The molecule has 1 aliphatic rings. The van der Waals surface area contributed by atoms with E-state index in [1.807, 2.05) is 6.92 Å². The van der Waals surface area contributed by atoms with E-state index in [4.69, 9.17) is 18.0 Å². The molecule has 0 spiro atoms. The van der Waals surface area contributed by atoms with Crippen molar-refractivity contribution in [2.45, 2.75) is 50.9 Å². The predicted octanol–water partition coefficient (Wildman–Crippen LogP) is 3.18. The molecule has 1 saturated carbocycles. The summed E-state index contributed by atoms with van der Waals surface area (Å²) in [5, 5.41) is 6.25. The maximum absolute atomic E-state index is 12.9. The minimum Gasteiger partial charge on any atom is -0.366 e. The van der Waals surface area contributed by atoms with Crippen LogP contribution in [0.5, 0.6) is 0 Å². The van der Waals surface area contributed by atoms with Crippen LogP contribution in [0.1, 0.15) is 43.5 Å². The van der Waals surface area contributed by atoms with E-state index in [0.29, 0.717) is 35.7 Å². The van der Waals surface area contributed by atoms with Crippen molar-refractivity contribution in [3.8, 4) is 12.3 Å². The minimum atomic E-state index is -0.785. The molecule has 2 rings (SSSR count). The molecule has 1 atom stereocenters. The summed E-state index contributed by atoms with van der Waals surface area (Å²) in [6.07, 6.45) is 7.57. The maximum Gasteiger partial charge on any atom is 0.256 e. The van der Waals surface area contributed by atoms with E-state index >= 15 is 0 Å². The Kier molecular flexibility index (Phi) is 4.92. The number of alkyl halides is 1. The van der Waals surface area contributed by atoms with Gasteiger partial charge >= 0.3 is 0 Å². The summed E-state index contributed by atoms with van der Waals surface area (Å²) in [6, 6.07) is 1.52. The molecule has 1 amide bonds. The zero-order valence-corrected chi connectivity index (χ0v) is 13.4. The second-order valence-electron chi connectivity index (χ2n) is 5.74. The number of hydrogen-bond donors (Lipinski definition) is 2. The highest BCUT2D eigenvalue weighted by atomic mass is 35.5. The Labute approximate surface area is 134 Å². The van der Waals surface area contributed by atoms with Gasteiger partial charge in [-0.05, 0) is 32.3 Å². The molecule has 22 heavy (non-hydrogen) atoms. The summed E-state index contributed by atoms with van der Waals surface area (Å²) in [6.45, 7) is 3.67. The lowest BCUT2D eigenvalue weighted by atomic mass is 9.90. The predicted molar refractivity (Wildman–Crippen MR) is 85.8 cm³/mol. The van der Waals surface area contributed by atoms with E-state index in [0.717, 1.165) is 0 Å². The summed E-state index contributed by atoms with van der Waals surface area (Å²) in [7, 11) is 0. The molecule has 0 saturated heterocycles. The number of anilines is 1. The third-order valence-electron chi connectivity index (χ3n) is 3.94. The zero-order chi connectivity index (χ0) is 16.3. The van der Waals surface area contributed by atoms with E-state index in [1.165, 1.54) is 12.3 Å². The number of carbonyl (C=O) groups is 1. The molecule has 1 fully saturated rings. The van der Waals surface area contributed by atoms with Crippen LogP contribution in [0.3, 0.4) is 0 Å². The van der Waals surface area contributed by atoms with Gasteiger partial charge in [0.15, 0.2) is 0 Å². The first-order valence-electron chi connectivity index (χ1n) is 7.23. The zero-order valence-electron chi connectivity index (χ0n) is 12.6. The highest BCUT2D eigenvalue weighted by Gasteiger charge is 2.31. The summed E-state index contributed by atoms with van der Waals surface area (Å²) >= 11 is 5.94. The van der Waals surface area contributed by atoms with Crippen molar-refractivity contribution in [2.24, 2.45) is 0 Å². The van der Waals surface area contributed by atoms with Gasteiger partial charge < -0.3 is 10.6 Å². The van der Waals surface area contributed by atoms with Crippen LogP contribution in [-0.2, 0) is 0 Å². The molecule has 4 nitrogen and oxygen atoms in total. The number of nitrogens with one attached hydrogen (secondary N) is 2. The van der Waals surface area contributed by atoms with Crippen LogP contribution >= 0.6 is 11.6 Å². The third kappa shape index (κ3) is 3.69. The highest BCUT2D eigenvalue weighted by molar-refractivity contribution is 6.31. The summed E-state index contributed by atoms with van der Waals surface area (Å²) in [5.74, 6) is 2.62. The molecule has 0 radical (unpaired) electrons. The van der Waals surface area contributed by atoms with Gasteiger partial charge in [0, 0.05) is 12.2 Å². The van der Waals surface area contributed by atoms with Crippen LogP contribution in [-0.4, -0.2) is 28.6 Å². The Morgan fingerprint density at radius 3 is 2.86 bits per heavy atom. The van der Waals surface area contributed by atoms with Crippen LogP contribution in [0, 0.1) is 12.3 Å². The molecule has 1 heterocycles. The number of pyridine rings is 1. The molecule has 118 valence electrons. The van der Waals surface area contributed by atoms with Crippen LogP contribution in [0.4, 0.5) is 10.2 Å². The lowest BCUT2D eigenvalue weighted by Gasteiger charge is -2.31. The molecular formula is C16H19ClFN3O. The van der Waals surface area contributed by atoms with Crippen molar-refractivity contribution in [1.29, 1.82) is 0 Å². The number of aromatic nitrogens is 1. The summed E-state index contributed by atoms with van der Waals surface area (Å²) in [5.41, 5.74) is -0.429. The summed E-state index contributed by atoms with van der Waals surface area (Å²) < 4.78 is 12.9. The Hall–Kier alpha value is -1.80. The van der Waals surface area contributed by atoms with Crippen molar-refractivity contribution < 1.29 is 9.18 Å². The number of amides is 1. The molecule has 6 heteroatoms. The van der Waals surface area contributed by atoms with Gasteiger partial charge in [-0.3, -0.25) is 4.79 Å². The standard InChI is InChI=1S/C16H19ClFN3O/c1-4-16(3,5-2)21-15(22)13-6-10(17)9-19-14(13)20-12-7-11(18)8-12/h1,6,9,11-12H,5,7-8H2,2-3H3,(H,19,20)(H,21,22). The first kappa shape index (κ1) is 16.6. The Bertz CT molecular complexity index is 610. The topological polar surface area (TPSA) is 54.0 Å². The number of terminal acetylenes is 1. The van der Waals surface area contributed by atoms with Crippen LogP contribution in [0.2, 0.25) is 5.02 Å². The molecule has 0 bridgehead atoms. The quantitative estimate of drug-likeness (QED) is 0.818. The average Bonchev–Trinajstić information content (AvgIpc) is 2.47. The van der Waals surface area contributed by atoms with Crippen LogP contribution in [0.25, 0.3) is 0 Å². The van der Waals surface area contributed by atoms with E-state index in [-0.39, 0.29) is 11.9 Å². The molecule has 1 aromatic heterocycles. The smallest absolute Gasteiger partial charge is 0.256 e. The van der Waals surface area contributed by atoms with Gasteiger partial charge in [-0.1, -0.05) is 24.4 Å². The second-order valence-corrected chi connectivity index (χ2v) is 6.18. The van der Waals surface area contributed by atoms with Crippen molar-refractivity contribution in [3.63, 3.8) is 0 Å². The SMILES string of the molecule is C#CC(C)(CC)NC(=O)c1cc(Cl)cnc1NC1CC(F)C1. The van der Waals surface area contributed by atoms with Crippen molar-refractivity contribution >= 4 is 23.3 Å². The number of carbonyl (C=O) groups excluding carboxylic acids is 1. The Morgan fingerprint density at radius 1 is 1.64 bits per heavy atom. The molecule has 2 N–H and O–H groups in total. The third-order valence-corrected chi connectivity index (χ3v) is 4.14. The van der Waals surface area contributed by atoms with E-state index in [2.05, 4.69) is 21.5 Å². The van der Waals surface area contributed by atoms with Gasteiger partial charge in [-0.25, -0.2) is 9.37 Å². The van der Waals surface area contributed by atoms with E-state index in [9.17, 15) is 9.18 Å². The lowest BCUT2D eigenvalue weighted by Crippen LogP contribution is -2.45. The number of halogens is 2. The molecule has 1 aliphatic carbocycles. The van der Waals surface area contributed by atoms with E-state index < -0.39 is 11.7 Å². The first-order chi connectivity index (χ1) is 10.4. The number of nitrogens with zero attached hydrogens (tertiary/aromatic N) is 1. The average molecular weight is 324 g/mol. The van der Waals surface area contributed by atoms with Crippen molar-refractivity contribution in [1.82, 2.24) is 10.3 Å². The van der Waals surface area contributed by atoms with Gasteiger partial charge in [0.1, 0.15) is 12.0 Å². The Morgan fingerprint density at radius 2 is 2.32 bits per heavy atom. The number of hydrogen-bond acceptors (Lipinski definition) is 3. The van der Waals surface area contributed by atoms with Gasteiger partial charge in [0.2, 0.25) is 0 Å². The molecule has 0 aromatic carbocycles. The number of rotatable bonds is 5. The maximum atomic E-state index is 12.9. The van der Waals surface area contributed by atoms with Crippen LogP contribution in [0.15, 0.2) is 12.3 Å². The largest absolute Gasteiger partial charge is 0.366 e. The van der Waals surface area contributed by atoms with Gasteiger partial charge in [0.25, 0.3) is 5.91 Å². The first-order valence-corrected chi connectivity index (χ1v) is 7.61. The second kappa shape index (κ2) is 6.53. The van der Waals surface area contributed by atoms with Crippen LogP contribution < -0.4 is 10.6 Å². The molecule has 1 aromatic rings. The Balaban J connectivity index is 2.19. The highest BCUT2D eigenvalue weighted by Crippen LogP contribution is 2.28. The summed E-state index contributed by atoms with van der Waals surface area (Å²) in [4.78, 5) is 16.6. The molecule has 1 unspecified atom stereocenters. The van der Waals surface area contributed by atoms with Gasteiger partial charge in [-0.15, -0.1) is 6.42 Å². The fourth-order valence-electron chi connectivity index (χ4n) is 2.13. The van der Waals surface area contributed by atoms with Gasteiger partial charge in [0.05, 0.1) is 16.1 Å². The van der Waals surface area contributed by atoms with Gasteiger partial charge in [-0.2, -0.15) is 0 Å². The minimum absolute atomic E-state index is 0.0135. The van der Waals surface area contributed by atoms with Crippen molar-refractivity contribution in [2.75, 3.05) is 5.32 Å².